The SMILES string of the molecule is CCCCCCCC1=C2C(=NC1=O)c1cccc3cccc2c13. The Morgan fingerprint density at radius 2 is 1.65 bits per heavy atom. The molecule has 2 heteroatoms. The van der Waals surface area contributed by atoms with E-state index in [0.29, 0.717) is 0 Å². The van der Waals surface area contributed by atoms with Crippen molar-refractivity contribution in [2.24, 2.45) is 4.99 Å². The molecule has 0 bridgehead atoms. The van der Waals surface area contributed by atoms with E-state index in [1.165, 1.54) is 42.0 Å². The van der Waals surface area contributed by atoms with E-state index in [0.717, 1.165) is 35.3 Å². The highest BCUT2D eigenvalue weighted by Crippen LogP contribution is 2.43. The molecule has 2 aromatic rings. The smallest absolute Gasteiger partial charge is 0.267 e. The van der Waals surface area contributed by atoms with Gasteiger partial charge in [0.25, 0.3) is 5.91 Å². The van der Waals surface area contributed by atoms with Crippen LogP contribution in [-0.2, 0) is 4.79 Å². The van der Waals surface area contributed by atoms with Crippen LogP contribution in [0.15, 0.2) is 47.0 Å². The summed E-state index contributed by atoms with van der Waals surface area (Å²) in [5, 5.41) is 2.50. The van der Waals surface area contributed by atoms with E-state index in [1.807, 2.05) is 0 Å². The van der Waals surface area contributed by atoms with Crippen molar-refractivity contribution in [3.8, 4) is 0 Å². The van der Waals surface area contributed by atoms with Crippen LogP contribution >= 0.6 is 0 Å². The van der Waals surface area contributed by atoms with Gasteiger partial charge in [0.1, 0.15) is 0 Å². The van der Waals surface area contributed by atoms with Gasteiger partial charge in [-0.05, 0) is 29.2 Å². The Morgan fingerprint density at radius 1 is 0.913 bits per heavy atom. The van der Waals surface area contributed by atoms with E-state index >= 15 is 0 Å². The average molecular weight is 303 g/mol. The highest BCUT2D eigenvalue weighted by molar-refractivity contribution is 6.49. The number of unbranched alkanes of at least 4 members (excludes halogenated alkanes) is 4. The third kappa shape index (κ3) is 2.24. The van der Waals surface area contributed by atoms with E-state index < -0.39 is 0 Å². The number of benzene rings is 2. The molecule has 0 fully saturated rings. The number of hydrogen-bond acceptors (Lipinski definition) is 1. The number of carbonyl (C=O) groups excluding carboxylic acids is 1. The van der Waals surface area contributed by atoms with E-state index in [9.17, 15) is 4.79 Å². The number of nitrogens with zero attached hydrogens (tertiary/aromatic N) is 1. The summed E-state index contributed by atoms with van der Waals surface area (Å²) in [6.07, 6.45) is 6.93. The van der Waals surface area contributed by atoms with Gasteiger partial charge < -0.3 is 0 Å². The van der Waals surface area contributed by atoms with Crippen molar-refractivity contribution < 1.29 is 4.79 Å². The molecular formula is C21H21NO. The largest absolute Gasteiger partial charge is 0.274 e. The van der Waals surface area contributed by atoms with Crippen LogP contribution in [0.2, 0.25) is 0 Å². The fourth-order valence-corrected chi connectivity index (χ4v) is 3.84. The van der Waals surface area contributed by atoms with Crippen molar-refractivity contribution in [1.29, 1.82) is 0 Å². The molecule has 23 heavy (non-hydrogen) atoms. The topological polar surface area (TPSA) is 29.4 Å². The third-order valence-electron chi connectivity index (χ3n) is 4.97. The summed E-state index contributed by atoms with van der Waals surface area (Å²) in [4.78, 5) is 16.8. The first-order valence-electron chi connectivity index (χ1n) is 8.70. The maximum absolute atomic E-state index is 12.4. The average Bonchev–Trinajstić information content (AvgIpc) is 3.05. The summed E-state index contributed by atoms with van der Waals surface area (Å²) < 4.78 is 0. The second-order valence-electron chi connectivity index (χ2n) is 6.49. The highest BCUT2D eigenvalue weighted by atomic mass is 16.1. The molecule has 1 aliphatic carbocycles. The van der Waals surface area contributed by atoms with Gasteiger partial charge in [-0.25, -0.2) is 4.99 Å². The van der Waals surface area contributed by atoms with Crippen LogP contribution in [0.3, 0.4) is 0 Å². The normalized spacial score (nSPS) is 15.5. The minimum atomic E-state index is -0.0167. The molecule has 1 aliphatic heterocycles. The summed E-state index contributed by atoms with van der Waals surface area (Å²) in [7, 11) is 0. The molecule has 4 rings (SSSR count). The fourth-order valence-electron chi connectivity index (χ4n) is 3.84. The molecule has 0 saturated heterocycles. The Morgan fingerprint density at radius 3 is 2.43 bits per heavy atom. The van der Waals surface area contributed by atoms with Crippen LogP contribution < -0.4 is 0 Å². The van der Waals surface area contributed by atoms with Crippen LogP contribution in [0.1, 0.15) is 56.6 Å². The third-order valence-corrected chi connectivity index (χ3v) is 4.97. The number of rotatable bonds is 6. The van der Waals surface area contributed by atoms with Gasteiger partial charge in [-0.3, -0.25) is 4.79 Å². The number of amides is 1. The monoisotopic (exact) mass is 303 g/mol. The van der Waals surface area contributed by atoms with Gasteiger partial charge in [0.05, 0.1) is 5.71 Å². The zero-order valence-electron chi connectivity index (χ0n) is 13.6. The Labute approximate surface area is 136 Å². The first-order valence-corrected chi connectivity index (χ1v) is 8.70. The molecule has 2 aliphatic rings. The molecule has 1 amide bonds. The maximum Gasteiger partial charge on any atom is 0.274 e. The molecule has 116 valence electrons. The van der Waals surface area contributed by atoms with Crippen molar-refractivity contribution in [3.05, 3.63) is 53.1 Å². The van der Waals surface area contributed by atoms with Gasteiger partial charge in [-0.1, -0.05) is 69.0 Å². The van der Waals surface area contributed by atoms with Gasteiger partial charge in [-0.2, -0.15) is 0 Å². The van der Waals surface area contributed by atoms with E-state index in [-0.39, 0.29) is 5.91 Å². The van der Waals surface area contributed by atoms with Crippen molar-refractivity contribution >= 4 is 28.0 Å². The van der Waals surface area contributed by atoms with E-state index in [4.69, 9.17) is 0 Å². The minimum Gasteiger partial charge on any atom is -0.267 e. The van der Waals surface area contributed by atoms with Crippen molar-refractivity contribution in [2.75, 3.05) is 0 Å². The van der Waals surface area contributed by atoms with Crippen LogP contribution in [0.25, 0.3) is 16.3 Å². The quantitative estimate of drug-likeness (QED) is 0.666. The van der Waals surface area contributed by atoms with E-state index in [1.54, 1.807) is 0 Å². The predicted molar refractivity (Wildman–Crippen MR) is 95.8 cm³/mol. The predicted octanol–water partition coefficient (Wildman–Crippen LogP) is 5.30. The first-order chi connectivity index (χ1) is 11.3. The Kier molecular flexibility index (Phi) is 3.60. The summed E-state index contributed by atoms with van der Waals surface area (Å²) in [5.74, 6) is -0.0167. The number of fused-ring (bicyclic) bond motifs is 3. The number of allylic oxidation sites excluding steroid dienone is 1. The Balaban J connectivity index is 1.70. The lowest BCUT2D eigenvalue weighted by atomic mass is 9.97. The fraction of sp³-hybridized carbons (Fsp3) is 0.333. The number of carbonyl (C=O) groups is 1. The molecule has 1 heterocycles. The minimum absolute atomic E-state index is 0.0167. The van der Waals surface area contributed by atoms with Gasteiger partial charge >= 0.3 is 0 Å². The maximum atomic E-state index is 12.4. The summed E-state index contributed by atoms with van der Waals surface area (Å²) in [6, 6.07) is 12.6. The van der Waals surface area contributed by atoms with Gasteiger partial charge in [-0.15, -0.1) is 0 Å². The molecule has 2 nitrogen and oxygen atoms in total. The van der Waals surface area contributed by atoms with Crippen molar-refractivity contribution in [2.45, 2.75) is 45.4 Å². The summed E-state index contributed by atoms with van der Waals surface area (Å²) in [6.45, 7) is 2.22. The Hall–Kier alpha value is -2.22. The van der Waals surface area contributed by atoms with Gasteiger partial charge in [0.2, 0.25) is 0 Å². The molecular weight excluding hydrogens is 282 g/mol. The zero-order valence-corrected chi connectivity index (χ0v) is 13.6. The molecule has 0 N–H and O–H groups in total. The number of hydrogen-bond donors (Lipinski definition) is 0. The summed E-state index contributed by atoms with van der Waals surface area (Å²) in [5.41, 5.74) is 5.27. The lowest BCUT2D eigenvalue weighted by Gasteiger charge is -2.05. The van der Waals surface area contributed by atoms with E-state index in [2.05, 4.69) is 48.3 Å². The summed E-state index contributed by atoms with van der Waals surface area (Å²) >= 11 is 0. The molecule has 0 atom stereocenters. The number of aliphatic imine (C=N–C) groups is 1. The molecule has 0 saturated carbocycles. The molecule has 0 radical (unpaired) electrons. The molecule has 0 spiro atoms. The highest BCUT2D eigenvalue weighted by Gasteiger charge is 2.34. The molecule has 0 aromatic heterocycles. The second kappa shape index (κ2) is 5.77. The Bertz CT molecular complexity index is 852. The van der Waals surface area contributed by atoms with Crippen LogP contribution in [0, 0.1) is 0 Å². The lowest BCUT2D eigenvalue weighted by molar-refractivity contribution is -0.114. The van der Waals surface area contributed by atoms with Crippen LogP contribution in [-0.4, -0.2) is 11.6 Å². The lowest BCUT2D eigenvalue weighted by Crippen LogP contribution is -1.97. The standard InChI is InChI=1S/C21H21NO/c1-2-3-4-5-6-11-17-19-15-12-7-9-14-10-8-13-16(18(14)15)20(19)22-21(17)23/h7-10,12-13H,2-6,11H2,1H3. The molecule has 2 aromatic carbocycles. The second-order valence-corrected chi connectivity index (χ2v) is 6.49. The van der Waals surface area contributed by atoms with Gasteiger partial charge in [0, 0.05) is 16.7 Å². The molecule has 0 unspecified atom stereocenters. The van der Waals surface area contributed by atoms with Crippen molar-refractivity contribution in [3.63, 3.8) is 0 Å². The van der Waals surface area contributed by atoms with Crippen LogP contribution in [0.5, 0.6) is 0 Å². The zero-order chi connectivity index (χ0) is 15.8. The van der Waals surface area contributed by atoms with Gasteiger partial charge in [0.15, 0.2) is 0 Å². The van der Waals surface area contributed by atoms with Crippen molar-refractivity contribution in [1.82, 2.24) is 0 Å². The van der Waals surface area contributed by atoms with Crippen LogP contribution in [0.4, 0.5) is 0 Å². The first kappa shape index (κ1) is 14.4.